The average Bonchev–Trinajstić information content (AvgIpc) is 2.48. The van der Waals surface area contributed by atoms with Gasteiger partial charge in [-0.1, -0.05) is 5.16 Å². The van der Waals surface area contributed by atoms with Gasteiger partial charge in [-0.25, -0.2) is 4.98 Å². The minimum Gasteiger partial charge on any atom is -0.480 e. The number of piperazine rings is 1. The van der Waals surface area contributed by atoms with E-state index >= 15 is 0 Å². The van der Waals surface area contributed by atoms with Crippen LogP contribution < -0.4 is 15.4 Å². The topological polar surface area (TPSA) is 100 Å². The van der Waals surface area contributed by atoms with E-state index in [4.69, 9.17) is 15.7 Å². The second-order valence-corrected chi connectivity index (χ2v) is 5.24. The number of aromatic nitrogens is 2. The lowest BCUT2D eigenvalue weighted by Gasteiger charge is -2.34. The summed E-state index contributed by atoms with van der Waals surface area (Å²) < 4.78 is 5.90. The van der Waals surface area contributed by atoms with Crippen molar-refractivity contribution in [1.82, 2.24) is 14.9 Å². The van der Waals surface area contributed by atoms with Crippen LogP contribution in [0.15, 0.2) is 15.8 Å². The van der Waals surface area contributed by atoms with Crippen LogP contribution in [-0.4, -0.2) is 65.7 Å². The van der Waals surface area contributed by atoms with Crippen LogP contribution in [0.25, 0.3) is 0 Å². The Morgan fingerprint density at radius 1 is 1.50 bits per heavy atom. The molecule has 2 heterocycles. The van der Waals surface area contributed by atoms with E-state index in [1.165, 1.54) is 0 Å². The predicted molar refractivity (Wildman–Crippen MR) is 78.3 cm³/mol. The van der Waals surface area contributed by atoms with E-state index in [0.29, 0.717) is 18.4 Å². The lowest BCUT2D eigenvalue weighted by molar-refractivity contribution is 0.277. The number of anilines is 1. The number of oxime groups is 1. The zero-order chi connectivity index (χ0) is 14.5. The van der Waals surface area contributed by atoms with Crippen molar-refractivity contribution in [3.05, 3.63) is 10.7 Å². The first-order chi connectivity index (χ1) is 9.63. The molecule has 8 nitrogen and oxygen atoms in total. The van der Waals surface area contributed by atoms with Gasteiger partial charge in [-0.3, -0.25) is 4.90 Å². The van der Waals surface area contributed by atoms with E-state index in [1.54, 1.807) is 13.3 Å². The Morgan fingerprint density at radius 2 is 2.20 bits per heavy atom. The van der Waals surface area contributed by atoms with E-state index in [9.17, 15) is 0 Å². The highest BCUT2D eigenvalue weighted by atomic mass is 79.9. The summed E-state index contributed by atoms with van der Waals surface area (Å²) in [5.74, 6) is 1.39. The molecular weight excluding hydrogens is 328 g/mol. The van der Waals surface area contributed by atoms with Gasteiger partial charge in [0.25, 0.3) is 0 Å². The highest BCUT2D eigenvalue weighted by Crippen LogP contribution is 2.23. The van der Waals surface area contributed by atoms with Crippen LogP contribution in [0.3, 0.4) is 0 Å². The van der Waals surface area contributed by atoms with Crippen molar-refractivity contribution in [2.24, 2.45) is 10.9 Å². The van der Waals surface area contributed by atoms with Crippen LogP contribution in [0.5, 0.6) is 5.88 Å². The summed E-state index contributed by atoms with van der Waals surface area (Å²) in [7, 11) is 1.58. The number of methoxy groups -OCH3 is 1. The van der Waals surface area contributed by atoms with Crippen LogP contribution in [0.1, 0.15) is 0 Å². The van der Waals surface area contributed by atoms with Crippen molar-refractivity contribution >= 4 is 27.7 Å². The lowest BCUT2D eigenvalue weighted by Crippen LogP contribution is -2.49. The third kappa shape index (κ3) is 3.48. The van der Waals surface area contributed by atoms with E-state index in [-0.39, 0.29) is 5.84 Å². The zero-order valence-electron chi connectivity index (χ0n) is 11.2. The fourth-order valence-electron chi connectivity index (χ4n) is 2.00. The Morgan fingerprint density at radius 3 is 2.80 bits per heavy atom. The second-order valence-electron chi connectivity index (χ2n) is 4.38. The lowest BCUT2D eigenvalue weighted by atomic mass is 10.3. The molecule has 20 heavy (non-hydrogen) atoms. The standard InChI is InChI=1S/C11H17BrN6O2/c1-20-10-8(12)6-14-11(15-10)18-4-2-17(3-5-18)7-9(13)16-19/h6,19H,2-5,7H2,1H3,(H2,13,16). The average molecular weight is 345 g/mol. The number of halogens is 1. The van der Waals surface area contributed by atoms with Crippen molar-refractivity contribution in [2.75, 3.05) is 44.7 Å². The van der Waals surface area contributed by atoms with Crippen molar-refractivity contribution in [3.63, 3.8) is 0 Å². The first-order valence-electron chi connectivity index (χ1n) is 6.14. The molecule has 0 saturated carbocycles. The molecule has 1 aliphatic rings. The molecule has 1 fully saturated rings. The Labute approximate surface area is 125 Å². The molecule has 1 aromatic heterocycles. The Balaban J connectivity index is 1.97. The summed E-state index contributed by atoms with van der Waals surface area (Å²) in [4.78, 5) is 12.8. The Kier molecular flexibility index (Phi) is 4.96. The summed E-state index contributed by atoms with van der Waals surface area (Å²) in [5.41, 5.74) is 5.50. The number of rotatable bonds is 4. The number of nitrogens with zero attached hydrogens (tertiary/aromatic N) is 5. The van der Waals surface area contributed by atoms with Crippen molar-refractivity contribution < 1.29 is 9.94 Å². The molecule has 0 radical (unpaired) electrons. The second kappa shape index (κ2) is 6.71. The van der Waals surface area contributed by atoms with Crippen LogP contribution in [0, 0.1) is 0 Å². The molecule has 9 heteroatoms. The van der Waals surface area contributed by atoms with Crippen LogP contribution >= 0.6 is 15.9 Å². The van der Waals surface area contributed by atoms with Gasteiger partial charge < -0.3 is 20.6 Å². The third-order valence-electron chi connectivity index (χ3n) is 3.06. The SMILES string of the molecule is COc1nc(N2CCN(CC(N)=NO)CC2)ncc1Br. The number of ether oxygens (including phenoxy) is 1. The molecule has 1 aliphatic heterocycles. The van der Waals surface area contributed by atoms with E-state index in [2.05, 4.69) is 40.9 Å². The molecule has 3 N–H and O–H groups in total. The van der Waals surface area contributed by atoms with Crippen molar-refractivity contribution in [3.8, 4) is 5.88 Å². The Hall–Kier alpha value is -1.61. The normalized spacial score (nSPS) is 17.3. The predicted octanol–water partition coefficient (Wildman–Crippen LogP) is 0.116. The minimum absolute atomic E-state index is 0.222. The van der Waals surface area contributed by atoms with Crippen molar-refractivity contribution in [1.29, 1.82) is 0 Å². The fourth-order valence-corrected chi connectivity index (χ4v) is 2.36. The van der Waals surface area contributed by atoms with E-state index in [1.807, 2.05) is 0 Å². The third-order valence-corrected chi connectivity index (χ3v) is 3.61. The molecule has 0 unspecified atom stereocenters. The molecule has 0 aliphatic carbocycles. The quantitative estimate of drug-likeness (QED) is 0.346. The maximum Gasteiger partial charge on any atom is 0.232 e. The molecule has 0 atom stereocenters. The highest BCUT2D eigenvalue weighted by molar-refractivity contribution is 9.10. The fraction of sp³-hybridized carbons (Fsp3) is 0.545. The number of hydrogen-bond donors (Lipinski definition) is 2. The summed E-state index contributed by atoms with van der Waals surface area (Å²) in [5, 5.41) is 11.6. The van der Waals surface area contributed by atoms with Gasteiger partial charge >= 0.3 is 0 Å². The van der Waals surface area contributed by atoms with Gasteiger partial charge in [0.1, 0.15) is 0 Å². The van der Waals surface area contributed by atoms with E-state index in [0.717, 1.165) is 30.7 Å². The molecule has 1 saturated heterocycles. The summed E-state index contributed by atoms with van der Waals surface area (Å²) in [6, 6.07) is 0. The van der Waals surface area contributed by atoms with Crippen LogP contribution in [0.4, 0.5) is 5.95 Å². The smallest absolute Gasteiger partial charge is 0.232 e. The molecular formula is C11H17BrN6O2. The van der Waals surface area contributed by atoms with Crippen LogP contribution in [-0.2, 0) is 0 Å². The van der Waals surface area contributed by atoms with Gasteiger partial charge in [-0.05, 0) is 15.9 Å². The zero-order valence-corrected chi connectivity index (χ0v) is 12.7. The number of hydrogen-bond acceptors (Lipinski definition) is 7. The maximum atomic E-state index is 8.57. The summed E-state index contributed by atoms with van der Waals surface area (Å²) >= 11 is 3.33. The van der Waals surface area contributed by atoms with Gasteiger partial charge in [-0.15, -0.1) is 0 Å². The number of nitrogens with two attached hydrogens (primary N) is 1. The van der Waals surface area contributed by atoms with Gasteiger partial charge in [0, 0.05) is 26.2 Å². The molecule has 1 aromatic rings. The molecule has 2 rings (SSSR count). The highest BCUT2D eigenvalue weighted by Gasteiger charge is 2.20. The van der Waals surface area contributed by atoms with Gasteiger partial charge in [0.15, 0.2) is 5.84 Å². The van der Waals surface area contributed by atoms with Gasteiger partial charge in [0.05, 0.1) is 24.3 Å². The largest absolute Gasteiger partial charge is 0.480 e. The first kappa shape index (κ1) is 14.8. The number of amidine groups is 1. The molecule has 0 aromatic carbocycles. The van der Waals surface area contributed by atoms with Gasteiger partial charge in [-0.2, -0.15) is 4.98 Å². The summed E-state index contributed by atoms with van der Waals surface area (Å²) in [6.07, 6.45) is 1.68. The maximum absolute atomic E-state index is 8.57. The first-order valence-corrected chi connectivity index (χ1v) is 6.93. The van der Waals surface area contributed by atoms with Gasteiger partial charge in [0.2, 0.25) is 11.8 Å². The van der Waals surface area contributed by atoms with E-state index < -0.39 is 0 Å². The minimum atomic E-state index is 0.222. The summed E-state index contributed by atoms with van der Waals surface area (Å²) in [6.45, 7) is 3.64. The molecule has 110 valence electrons. The molecule has 0 spiro atoms. The molecule has 0 bridgehead atoms. The molecule has 0 amide bonds. The Bertz CT molecular complexity index is 490. The monoisotopic (exact) mass is 344 g/mol. The van der Waals surface area contributed by atoms with Crippen molar-refractivity contribution in [2.45, 2.75) is 0 Å². The van der Waals surface area contributed by atoms with Crippen LogP contribution in [0.2, 0.25) is 0 Å².